The molecular formula is C17H37N3. The predicted molar refractivity (Wildman–Crippen MR) is 89.4 cm³/mol. The third-order valence-electron chi connectivity index (χ3n) is 4.24. The summed E-state index contributed by atoms with van der Waals surface area (Å²) < 4.78 is 0. The average molecular weight is 284 g/mol. The molecule has 3 heteroatoms. The Morgan fingerprint density at radius 2 is 1.45 bits per heavy atom. The Hall–Kier alpha value is -0.120. The first kappa shape index (κ1) is 17.9. The van der Waals surface area contributed by atoms with Gasteiger partial charge in [-0.3, -0.25) is 0 Å². The molecule has 1 rings (SSSR count). The van der Waals surface area contributed by atoms with Gasteiger partial charge in [-0.1, -0.05) is 45.4 Å². The Morgan fingerprint density at radius 3 is 2.30 bits per heavy atom. The fourth-order valence-electron chi connectivity index (χ4n) is 2.88. The Balaban J connectivity index is 2.08. The van der Waals surface area contributed by atoms with Crippen molar-refractivity contribution in [1.29, 1.82) is 0 Å². The number of hydrogen-bond donors (Lipinski definition) is 2. The third-order valence-corrected chi connectivity index (χ3v) is 4.24. The van der Waals surface area contributed by atoms with Crippen molar-refractivity contribution in [3.63, 3.8) is 0 Å². The smallest absolute Gasteiger partial charge is 0.0107 e. The van der Waals surface area contributed by atoms with Gasteiger partial charge in [0, 0.05) is 26.2 Å². The van der Waals surface area contributed by atoms with Crippen LogP contribution in [0.15, 0.2) is 0 Å². The van der Waals surface area contributed by atoms with E-state index in [9.17, 15) is 0 Å². The molecule has 0 atom stereocenters. The van der Waals surface area contributed by atoms with E-state index in [1.807, 2.05) is 0 Å². The molecule has 0 aromatic carbocycles. The van der Waals surface area contributed by atoms with Crippen LogP contribution in [0.2, 0.25) is 0 Å². The van der Waals surface area contributed by atoms with Gasteiger partial charge in [0.15, 0.2) is 0 Å². The second-order valence-electron chi connectivity index (χ2n) is 6.17. The normalized spacial score (nSPS) is 20.2. The van der Waals surface area contributed by atoms with E-state index in [0.717, 1.165) is 19.6 Å². The lowest BCUT2D eigenvalue weighted by Crippen LogP contribution is -2.37. The summed E-state index contributed by atoms with van der Waals surface area (Å²) in [5, 5.41) is 7.04. The lowest BCUT2D eigenvalue weighted by atomic mass is 10.1. The minimum atomic E-state index is 1.12. The fourth-order valence-corrected chi connectivity index (χ4v) is 2.88. The maximum atomic E-state index is 3.55. The molecule has 1 aliphatic heterocycles. The van der Waals surface area contributed by atoms with Gasteiger partial charge in [-0.15, -0.1) is 0 Å². The van der Waals surface area contributed by atoms with E-state index >= 15 is 0 Å². The van der Waals surface area contributed by atoms with E-state index in [-0.39, 0.29) is 0 Å². The molecule has 0 spiro atoms. The van der Waals surface area contributed by atoms with Crippen LogP contribution in [0.25, 0.3) is 0 Å². The first-order chi connectivity index (χ1) is 9.93. The molecule has 0 radical (unpaired) electrons. The van der Waals surface area contributed by atoms with Crippen molar-refractivity contribution in [2.24, 2.45) is 0 Å². The van der Waals surface area contributed by atoms with Crippen LogP contribution in [0.3, 0.4) is 0 Å². The van der Waals surface area contributed by atoms with E-state index in [1.165, 1.54) is 84.0 Å². The third kappa shape index (κ3) is 10.6. The molecule has 0 unspecified atom stereocenters. The van der Waals surface area contributed by atoms with Crippen molar-refractivity contribution in [3.8, 4) is 0 Å². The molecule has 1 heterocycles. The van der Waals surface area contributed by atoms with Gasteiger partial charge >= 0.3 is 0 Å². The highest BCUT2D eigenvalue weighted by molar-refractivity contribution is 4.63. The van der Waals surface area contributed by atoms with Crippen LogP contribution in [0.5, 0.6) is 0 Å². The monoisotopic (exact) mass is 283 g/mol. The van der Waals surface area contributed by atoms with Crippen molar-refractivity contribution in [3.05, 3.63) is 0 Å². The zero-order valence-corrected chi connectivity index (χ0v) is 13.8. The number of rotatable bonds is 7. The lowest BCUT2D eigenvalue weighted by Gasteiger charge is -2.23. The van der Waals surface area contributed by atoms with Crippen molar-refractivity contribution >= 4 is 0 Å². The topological polar surface area (TPSA) is 27.3 Å². The van der Waals surface area contributed by atoms with Gasteiger partial charge in [-0.25, -0.2) is 0 Å². The van der Waals surface area contributed by atoms with Crippen LogP contribution < -0.4 is 10.6 Å². The summed E-state index contributed by atoms with van der Waals surface area (Å²) in [5.41, 5.74) is 0. The van der Waals surface area contributed by atoms with Crippen molar-refractivity contribution < 1.29 is 0 Å². The largest absolute Gasteiger partial charge is 0.315 e. The second-order valence-corrected chi connectivity index (χ2v) is 6.17. The number of nitrogens with zero attached hydrogens (tertiary/aromatic N) is 1. The highest BCUT2D eigenvalue weighted by Gasteiger charge is 2.05. The van der Waals surface area contributed by atoms with Gasteiger partial charge in [0.1, 0.15) is 0 Å². The highest BCUT2D eigenvalue weighted by atomic mass is 15.1. The van der Waals surface area contributed by atoms with Crippen LogP contribution >= 0.6 is 0 Å². The van der Waals surface area contributed by atoms with E-state index in [2.05, 4.69) is 22.5 Å². The maximum Gasteiger partial charge on any atom is 0.0107 e. The van der Waals surface area contributed by atoms with Gasteiger partial charge < -0.3 is 15.5 Å². The molecule has 0 aromatic heterocycles. The van der Waals surface area contributed by atoms with Crippen LogP contribution in [0.4, 0.5) is 0 Å². The Bertz CT molecular complexity index is 185. The minimum absolute atomic E-state index is 1.12. The number of hydrogen-bond acceptors (Lipinski definition) is 3. The molecule has 0 saturated carbocycles. The number of unbranched alkanes of at least 4 members (excludes halogenated alkanes) is 5. The van der Waals surface area contributed by atoms with Crippen molar-refractivity contribution in [1.82, 2.24) is 15.5 Å². The standard InChI is InChI=1S/C17H37N3/c1-2-3-4-5-6-9-15-20-16-10-7-8-11-18-12-13-19-14-17-20/h18-19H,2-17H2,1H3. The average Bonchev–Trinajstić information content (AvgIpc) is 2.45. The molecule has 3 nitrogen and oxygen atoms in total. The first-order valence-corrected chi connectivity index (χ1v) is 9.07. The molecule has 1 saturated heterocycles. The summed E-state index contributed by atoms with van der Waals surface area (Å²) in [6, 6.07) is 0. The lowest BCUT2D eigenvalue weighted by molar-refractivity contribution is 0.258. The van der Waals surface area contributed by atoms with E-state index in [1.54, 1.807) is 0 Å². The zero-order chi connectivity index (χ0) is 14.3. The molecule has 1 fully saturated rings. The molecular weight excluding hydrogens is 246 g/mol. The fraction of sp³-hybridized carbons (Fsp3) is 1.00. The van der Waals surface area contributed by atoms with Gasteiger partial charge in [0.05, 0.1) is 0 Å². The highest BCUT2D eigenvalue weighted by Crippen LogP contribution is 2.07. The summed E-state index contributed by atoms with van der Waals surface area (Å²) in [6.07, 6.45) is 12.6. The summed E-state index contributed by atoms with van der Waals surface area (Å²) in [4.78, 5) is 2.68. The van der Waals surface area contributed by atoms with Crippen LogP contribution in [0.1, 0.15) is 64.7 Å². The Morgan fingerprint density at radius 1 is 0.700 bits per heavy atom. The molecule has 0 aliphatic carbocycles. The molecule has 120 valence electrons. The summed E-state index contributed by atoms with van der Waals surface area (Å²) in [7, 11) is 0. The molecule has 20 heavy (non-hydrogen) atoms. The van der Waals surface area contributed by atoms with Gasteiger partial charge in [-0.2, -0.15) is 0 Å². The van der Waals surface area contributed by atoms with Crippen molar-refractivity contribution in [2.75, 3.05) is 45.8 Å². The summed E-state index contributed by atoms with van der Waals surface area (Å²) >= 11 is 0. The van der Waals surface area contributed by atoms with Crippen LogP contribution in [-0.2, 0) is 0 Å². The molecule has 0 amide bonds. The zero-order valence-electron chi connectivity index (χ0n) is 13.8. The first-order valence-electron chi connectivity index (χ1n) is 9.07. The maximum absolute atomic E-state index is 3.55. The van der Waals surface area contributed by atoms with Crippen molar-refractivity contribution in [2.45, 2.75) is 64.7 Å². The van der Waals surface area contributed by atoms with Gasteiger partial charge in [0.25, 0.3) is 0 Å². The quantitative estimate of drug-likeness (QED) is 0.703. The Kier molecular flexibility index (Phi) is 12.4. The molecule has 0 aromatic rings. The Labute approximate surface area is 126 Å². The van der Waals surface area contributed by atoms with E-state index in [4.69, 9.17) is 0 Å². The summed E-state index contributed by atoms with van der Waals surface area (Å²) in [5.74, 6) is 0. The molecule has 1 aliphatic rings. The number of nitrogens with one attached hydrogen (secondary N) is 2. The van der Waals surface area contributed by atoms with E-state index < -0.39 is 0 Å². The SMILES string of the molecule is CCCCCCCCN1CCCCCNCCNCC1. The van der Waals surface area contributed by atoms with Gasteiger partial charge in [-0.05, 0) is 38.9 Å². The van der Waals surface area contributed by atoms with Crippen LogP contribution in [0, 0.1) is 0 Å². The predicted octanol–water partition coefficient (Wildman–Crippen LogP) is 3.01. The summed E-state index contributed by atoms with van der Waals surface area (Å²) in [6.45, 7) is 10.7. The minimum Gasteiger partial charge on any atom is -0.315 e. The molecule has 0 bridgehead atoms. The second kappa shape index (κ2) is 13.8. The molecule has 2 N–H and O–H groups in total. The van der Waals surface area contributed by atoms with Crippen LogP contribution in [-0.4, -0.2) is 50.7 Å². The van der Waals surface area contributed by atoms with E-state index in [0.29, 0.717) is 0 Å². The van der Waals surface area contributed by atoms with Gasteiger partial charge in [0.2, 0.25) is 0 Å².